The summed E-state index contributed by atoms with van der Waals surface area (Å²) in [4.78, 5) is 14.7. The van der Waals surface area contributed by atoms with Crippen LogP contribution in [-0.4, -0.2) is 50.6 Å². The molecule has 1 saturated heterocycles. The number of halogens is 1. The van der Waals surface area contributed by atoms with Gasteiger partial charge in [0.2, 0.25) is 5.91 Å². The van der Waals surface area contributed by atoms with Crippen molar-refractivity contribution in [3.8, 4) is 11.4 Å². The summed E-state index contributed by atoms with van der Waals surface area (Å²) in [6, 6.07) is 16.2. The number of benzene rings is 2. The van der Waals surface area contributed by atoms with Crippen LogP contribution in [0, 0.1) is 5.82 Å². The van der Waals surface area contributed by atoms with E-state index in [1.165, 1.54) is 23.9 Å². The molecule has 4 rings (SSSR count). The van der Waals surface area contributed by atoms with E-state index >= 15 is 0 Å². The van der Waals surface area contributed by atoms with Gasteiger partial charge in [-0.05, 0) is 49.6 Å². The van der Waals surface area contributed by atoms with Crippen LogP contribution in [0.5, 0.6) is 0 Å². The van der Waals surface area contributed by atoms with Gasteiger partial charge in [-0.1, -0.05) is 42.1 Å². The van der Waals surface area contributed by atoms with E-state index in [0.717, 1.165) is 30.6 Å². The summed E-state index contributed by atoms with van der Waals surface area (Å²) in [5, 5.41) is 9.38. The number of thioether (sulfide) groups is 1. The SMILES string of the molecule is CCN(Cc1ccccc1)C(=O)CSc1nnc(-c2ccc(F)cc2)n1CC1CCCO1. The smallest absolute Gasteiger partial charge is 0.233 e. The Morgan fingerprint density at radius 3 is 2.66 bits per heavy atom. The fourth-order valence-electron chi connectivity index (χ4n) is 3.76. The molecule has 168 valence electrons. The Balaban J connectivity index is 1.49. The highest BCUT2D eigenvalue weighted by molar-refractivity contribution is 7.99. The fourth-order valence-corrected chi connectivity index (χ4v) is 4.61. The van der Waals surface area contributed by atoms with Crippen molar-refractivity contribution >= 4 is 17.7 Å². The molecule has 1 amide bonds. The lowest BCUT2D eigenvalue weighted by Gasteiger charge is -2.21. The summed E-state index contributed by atoms with van der Waals surface area (Å²) in [5.41, 5.74) is 1.89. The van der Waals surface area contributed by atoms with Crippen LogP contribution < -0.4 is 0 Å². The zero-order valence-electron chi connectivity index (χ0n) is 18.1. The summed E-state index contributed by atoms with van der Waals surface area (Å²) in [5.74, 6) is 0.689. The molecule has 2 heterocycles. The van der Waals surface area contributed by atoms with Gasteiger partial charge in [-0.3, -0.25) is 9.36 Å². The lowest BCUT2D eigenvalue weighted by Crippen LogP contribution is -2.31. The van der Waals surface area contributed by atoms with Crippen LogP contribution in [0.15, 0.2) is 59.8 Å². The molecule has 1 unspecified atom stereocenters. The van der Waals surface area contributed by atoms with E-state index in [-0.39, 0.29) is 23.6 Å². The predicted octanol–water partition coefficient (Wildman–Crippen LogP) is 4.40. The molecule has 1 fully saturated rings. The Kier molecular flexibility index (Phi) is 7.55. The standard InChI is InChI=1S/C24H27FN4O2S/c1-2-28(15-18-7-4-3-5-8-18)22(30)17-32-24-27-26-23(19-10-12-20(25)13-11-19)29(24)16-21-9-6-14-31-21/h3-5,7-8,10-13,21H,2,6,9,14-17H2,1H3. The number of rotatable bonds is 9. The first-order valence-corrected chi connectivity index (χ1v) is 11.9. The number of nitrogens with zero attached hydrogens (tertiary/aromatic N) is 4. The van der Waals surface area contributed by atoms with Gasteiger partial charge in [-0.15, -0.1) is 10.2 Å². The minimum Gasteiger partial charge on any atom is -0.376 e. The van der Waals surface area contributed by atoms with Gasteiger partial charge in [0.1, 0.15) is 5.82 Å². The van der Waals surface area contributed by atoms with Crippen LogP contribution in [-0.2, 0) is 22.6 Å². The van der Waals surface area contributed by atoms with E-state index in [9.17, 15) is 9.18 Å². The van der Waals surface area contributed by atoms with Crippen molar-refractivity contribution < 1.29 is 13.9 Å². The summed E-state index contributed by atoms with van der Waals surface area (Å²) >= 11 is 1.38. The van der Waals surface area contributed by atoms with Crippen molar-refractivity contribution in [3.05, 3.63) is 66.0 Å². The summed E-state index contributed by atoms with van der Waals surface area (Å²) in [6.07, 6.45) is 2.10. The third kappa shape index (κ3) is 5.55. The summed E-state index contributed by atoms with van der Waals surface area (Å²) in [6.45, 7) is 4.57. The highest BCUT2D eigenvalue weighted by Crippen LogP contribution is 2.27. The number of aromatic nitrogens is 3. The lowest BCUT2D eigenvalue weighted by molar-refractivity contribution is -0.128. The Morgan fingerprint density at radius 2 is 1.97 bits per heavy atom. The number of amides is 1. The molecule has 0 spiro atoms. The van der Waals surface area contributed by atoms with E-state index in [2.05, 4.69) is 10.2 Å². The predicted molar refractivity (Wildman–Crippen MR) is 123 cm³/mol. The van der Waals surface area contributed by atoms with E-state index in [4.69, 9.17) is 4.74 Å². The molecular weight excluding hydrogens is 427 g/mol. The molecule has 1 aliphatic rings. The molecule has 0 saturated carbocycles. The summed E-state index contributed by atoms with van der Waals surface area (Å²) in [7, 11) is 0. The van der Waals surface area contributed by atoms with E-state index in [1.807, 2.05) is 46.7 Å². The number of ether oxygens (including phenoxy) is 1. The average Bonchev–Trinajstić information content (AvgIpc) is 3.47. The van der Waals surface area contributed by atoms with Crippen molar-refractivity contribution in [1.29, 1.82) is 0 Å². The van der Waals surface area contributed by atoms with Gasteiger partial charge in [0.05, 0.1) is 18.4 Å². The molecule has 6 nitrogen and oxygen atoms in total. The maximum absolute atomic E-state index is 13.4. The maximum atomic E-state index is 13.4. The minimum atomic E-state index is -0.294. The van der Waals surface area contributed by atoms with Crippen LogP contribution in [0.3, 0.4) is 0 Å². The average molecular weight is 455 g/mol. The van der Waals surface area contributed by atoms with E-state index < -0.39 is 0 Å². The zero-order valence-corrected chi connectivity index (χ0v) is 18.9. The van der Waals surface area contributed by atoms with Gasteiger partial charge in [-0.25, -0.2) is 4.39 Å². The third-order valence-corrected chi connectivity index (χ3v) is 6.46. The zero-order chi connectivity index (χ0) is 22.3. The molecule has 2 aromatic carbocycles. The fraction of sp³-hybridized carbons (Fsp3) is 0.375. The monoisotopic (exact) mass is 454 g/mol. The molecule has 1 atom stereocenters. The quantitative estimate of drug-likeness (QED) is 0.449. The van der Waals surface area contributed by atoms with E-state index in [1.54, 1.807) is 12.1 Å². The van der Waals surface area contributed by atoms with Crippen molar-refractivity contribution in [2.45, 2.75) is 44.1 Å². The van der Waals surface area contributed by atoms with Crippen LogP contribution >= 0.6 is 11.8 Å². The number of carbonyl (C=O) groups is 1. The molecule has 0 radical (unpaired) electrons. The third-order valence-electron chi connectivity index (χ3n) is 5.50. The van der Waals surface area contributed by atoms with Gasteiger partial charge in [0, 0.05) is 25.3 Å². The molecule has 0 N–H and O–H groups in total. The molecule has 3 aromatic rings. The first-order chi connectivity index (χ1) is 15.6. The molecular formula is C24H27FN4O2S. The first-order valence-electron chi connectivity index (χ1n) is 10.9. The topological polar surface area (TPSA) is 60.2 Å². The van der Waals surface area contributed by atoms with Crippen molar-refractivity contribution in [2.24, 2.45) is 0 Å². The molecule has 0 bridgehead atoms. The number of hydrogen-bond donors (Lipinski definition) is 0. The Hall–Kier alpha value is -2.71. The first kappa shape index (κ1) is 22.5. The minimum absolute atomic E-state index is 0.0522. The normalized spacial score (nSPS) is 15.8. The van der Waals surface area contributed by atoms with Crippen molar-refractivity contribution in [1.82, 2.24) is 19.7 Å². The van der Waals surface area contributed by atoms with Gasteiger partial charge in [0.15, 0.2) is 11.0 Å². The molecule has 0 aliphatic carbocycles. The maximum Gasteiger partial charge on any atom is 0.233 e. The Morgan fingerprint density at radius 1 is 1.19 bits per heavy atom. The second-order valence-corrected chi connectivity index (χ2v) is 8.68. The van der Waals surface area contributed by atoms with Gasteiger partial charge in [-0.2, -0.15) is 0 Å². The van der Waals surface area contributed by atoms with Crippen LogP contribution in [0.4, 0.5) is 4.39 Å². The van der Waals surface area contributed by atoms with Crippen molar-refractivity contribution in [2.75, 3.05) is 18.9 Å². The molecule has 32 heavy (non-hydrogen) atoms. The van der Waals surface area contributed by atoms with Gasteiger partial charge < -0.3 is 9.64 Å². The second kappa shape index (κ2) is 10.7. The van der Waals surface area contributed by atoms with Crippen LogP contribution in [0.25, 0.3) is 11.4 Å². The number of hydrogen-bond acceptors (Lipinski definition) is 5. The van der Waals surface area contributed by atoms with E-state index in [0.29, 0.717) is 30.6 Å². The van der Waals surface area contributed by atoms with Crippen LogP contribution in [0.1, 0.15) is 25.3 Å². The Labute approximate surface area is 191 Å². The lowest BCUT2D eigenvalue weighted by atomic mass is 10.2. The second-order valence-electron chi connectivity index (χ2n) is 7.74. The van der Waals surface area contributed by atoms with Crippen LogP contribution in [0.2, 0.25) is 0 Å². The van der Waals surface area contributed by atoms with Gasteiger partial charge in [0.25, 0.3) is 0 Å². The Bertz CT molecular complexity index is 1020. The highest BCUT2D eigenvalue weighted by atomic mass is 32.2. The van der Waals surface area contributed by atoms with Crippen molar-refractivity contribution in [3.63, 3.8) is 0 Å². The molecule has 1 aromatic heterocycles. The summed E-state index contributed by atoms with van der Waals surface area (Å²) < 4.78 is 21.2. The molecule has 8 heteroatoms. The largest absolute Gasteiger partial charge is 0.376 e. The van der Waals surface area contributed by atoms with Gasteiger partial charge >= 0.3 is 0 Å². The number of carbonyl (C=O) groups excluding carboxylic acids is 1. The highest BCUT2D eigenvalue weighted by Gasteiger charge is 2.23. The molecule has 1 aliphatic heterocycles.